The summed E-state index contributed by atoms with van der Waals surface area (Å²) < 4.78 is 0. The van der Waals surface area contributed by atoms with E-state index < -0.39 is 0 Å². The van der Waals surface area contributed by atoms with Crippen LogP contribution in [-0.4, -0.2) is 101 Å². The molecule has 10 aromatic carbocycles. The van der Waals surface area contributed by atoms with E-state index in [2.05, 4.69) is 175 Å². The van der Waals surface area contributed by atoms with E-state index >= 15 is 0 Å². The predicted molar refractivity (Wildman–Crippen MR) is 429 cm³/mol. The summed E-state index contributed by atoms with van der Waals surface area (Å²) in [6.45, 7) is 40.6. The van der Waals surface area contributed by atoms with E-state index in [1.54, 1.807) is 35.1 Å². The third-order valence-corrected chi connectivity index (χ3v) is 18.3. The van der Waals surface area contributed by atoms with Gasteiger partial charge in [0.15, 0.2) is 0 Å². The van der Waals surface area contributed by atoms with Gasteiger partial charge < -0.3 is 25.5 Å². The van der Waals surface area contributed by atoms with Gasteiger partial charge in [0.2, 0.25) is 0 Å². The van der Waals surface area contributed by atoms with Crippen LogP contribution in [0.5, 0.6) is 28.7 Å². The topological polar surface area (TPSA) is 255 Å². The third-order valence-electron chi connectivity index (χ3n) is 18.1. The molecular formula is C86H96ClN15O5. The molecule has 552 valence electrons. The Labute approximate surface area is 629 Å². The van der Waals surface area contributed by atoms with Crippen LogP contribution in [0, 0.1) is 19.3 Å². The highest BCUT2D eigenvalue weighted by Crippen LogP contribution is 2.42. The van der Waals surface area contributed by atoms with Gasteiger partial charge in [0, 0.05) is 16.1 Å². The predicted octanol–water partition coefficient (Wildman–Crippen LogP) is 19.8. The van der Waals surface area contributed by atoms with Crippen LogP contribution in [0.1, 0.15) is 163 Å². The summed E-state index contributed by atoms with van der Waals surface area (Å²) in [5, 5.41) is 96.8. The van der Waals surface area contributed by atoms with E-state index in [0.29, 0.717) is 39.0 Å². The highest BCUT2D eigenvalue weighted by Gasteiger charge is 2.30. The van der Waals surface area contributed by atoms with Crippen molar-refractivity contribution in [3.63, 3.8) is 0 Å². The molecule has 0 saturated carbocycles. The van der Waals surface area contributed by atoms with Gasteiger partial charge in [-0.1, -0.05) is 208 Å². The van der Waals surface area contributed by atoms with Gasteiger partial charge in [-0.2, -0.15) is 0 Å². The van der Waals surface area contributed by atoms with Crippen molar-refractivity contribution < 1.29 is 25.5 Å². The summed E-state index contributed by atoms with van der Waals surface area (Å²) in [7, 11) is 0. The number of halogens is 1. The van der Waals surface area contributed by atoms with Crippen molar-refractivity contribution in [2.24, 2.45) is 5.41 Å². The van der Waals surface area contributed by atoms with E-state index in [4.69, 9.17) is 11.6 Å². The minimum Gasteiger partial charge on any atom is -0.506 e. The number of hydrogen-bond acceptors (Lipinski definition) is 15. The molecule has 0 amide bonds. The molecular weight excluding hydrogens is 1360 g/mol. The number of aromatic hydroxyl groups is 5. The van der Waals surface area contributed by atoms with Crippen LogP contribution in [0.25, 0.3) is 83.6 Å². The molecule has 0 bridgehead atoms. The zero-order valence-corrected chi connectivity index (χ0v) is 65.3. The van der Waals surface area contributed by atoms with Gasteiger partial charge in [0.25, 0.3) is 0 Å². The van der Waals surface area contributed by atoms with Gasteiger partial charge in [-0.15, -0.1) is 75.0 Å². The molecule has 0 aliphatic carbocycles. The van der Waals surface area contributed by atoms with Gasteiger partial charge in [-0.25, -0.2) is 0 Å². The Morgan fingerprint density at radius 1 is 0.280 bits per heavy atom. The molecule has 15 aromatic rings. The Hall–Kier alpha value is -11.5. The summed E-state index contributed by atoms with van der Waals surface area (Å²) in [5.74, 6) is 1.00. The molecule has 0 saturated heterocycles. The first-order valence-corrected chi connectivity index (χ1v) is 36.1. The SMILES string of the molecule is CC(C)(C)CC(C)(C)c1ccc(O)c(-n2nc3ccccc3n2)c1.CC(C)(C)c1cc(-n2nc3ccccc3n2)c(O)c(C(C)(C)C)c1.CC(C)(C)c1ccc(O)c(-n2nc3ccccc3n2)c1.Cc1cc(-n2nc3ccc(Cl)cc3n2)c(O)c(C(C)(C)C)c1.Cc1ccc(O)c(-n2nc3ccccc3n2)c1. The van der Waals surface area contributed by atoms with Crippen molar-refractivity contribution in [2.45, 2.75) is 165 Å². The minimum atomic E-state index is -0.174. The number of phenolic OH excluding ortho intramolecular Hbond substituents is 5. The number of rotatable bonds is 7. The number of nitrogens with zero attached hydrogens (tertiary/aromatic N) is 15. The van der Waals surface area contributed by atoms with E-state index in [1.165, 1.54) is 24.7 Å². The van der Waals surface area contributed by atoms with Crippen LogP contribution in [0.15, 0.2) is 194 Å². The Kier molecular flexibility index (Phi) is 21.3. The molecule has 107 heavy (non-hydrogen) atoms. The zero-order valence-electron chi connectivity index (χ0n) is 64.5. The summed E-state index contributed by atoms with van der Waals surface area (Å²) in [4.78, 5) is 7.50. The van der Waals surface area contributed by atoms with Gasteiger partial charge >= 0.3 is 0 Å². The second-order valence-electron chi connectivity index (χ2n) is 33.1. The summed E-state index contributed by atoms with van der Waals surface area (Å²) in [6, 6.07) is 60.7. The summed E-state index contributed by atoms with van der Waals surface area (Å²) >= 11 is 5.99. The second-order valence-corrected chi connectivity index (χ2v) is 33.6. The van der Waals surface area contributed by atoms with E-state index in [-0.39, 0.29) is 61.2 Å². The Morgan fingerprint density at radius 2 is 0.579 bits per heavy atom. The first-order valence-electron chi connectivity index (χ1n) is 35.7. The fraction of sp³-hybridized carbons (Fsp3) is 0.302. The summed E-state index contributed by atoms with van der Waals surface area (Å²) in [6.07, 6.45) is 1.04. The maximum absolute atomic E-state index is 10.9. The monoisotopic (exact) mass is 1450 g/mol. The van der Waals surface area contributed by atoms with Crippen LogP contribution >= 0.6 is 11.6 Å². The molecule has 20 nitrogen and oxygen atoms in total. The van der Waals surface area contributed by atoms with Crippen molar-refractivity contribution in [2.75, 3.05) is 0 Å². The van der Waals surface area contributed by atoms with Crippen LogP contribution in [0.2, 0.25) is 5.02 Å². The van der Waals surface area contributed by atoms with Gasteiger partial charge in [0.05, 0.1) is 0 Å². The van der Waals surface area contributed by atoms with Crippen molar-refractivity contribution in [1.29, 1.82) is 0 Å². The van der Waals surface area contributed by atoms with Crippen LogP contribution in [0.3, 0.4) is 0 Å². The van der Waals surface area contributed by atoms with Crippen LogP contribution in [-0.2, 0) is 27.1 Å². The normalized spacial score (nSPS) is 12.1. The Bertz CT molecular complexity index is 5580. The molecule has 0 unspecified atom stereocenters. The molecule has 0 radical (unpaired) electrons. The lowest BCUT2D eigenvalue weighted by Gasteiger charge is -2.33. The summed E-state index contributed by atoms with van der Waals surface area (Å²) in [5.41, 5.74) is 18.2. The third kappa shape index (κ3) is 17.9. The van der Waals surface area contributed by atoms with Crippen molar-refractivity contribution in [1.82, 2.24) is 75.0 Å². The lowest BCUT2D eigenvalue weighted by atomic mass is 9.72. The maximum Gasteiger partial charge on any atom is 0.146 e. The molecule has 5 aromatic heterocycles. The van der Waals surface area contributed by atoms with E-state index in [1.807, 2.05) is 172 Å². The molecule has 15 rings (SSSR count). The van der Waals surface area contributed by atoms with Gasteiger partial charge in [-0.3, -0.25) is 0 Å². The van der Waals surface area contributed by atoms with Crippen LogP contribution < -0.4 is 0 Å². The highest BCUT2D eigenvalue weighted by atomic mass is 35.5. The smallest absolute Gasteiger partial charge is 0.146 e. The van der Waals surface area contributed by atoms with Crippen LogP contribution in [0.4, 0.5) is 0 Å². The number of aryl methyl sites for hydroxylation is 2. The van der Waals surface area contributed by atoms with Crippen molar-refractivity contribution >= 4 is 66.8 Å². The molecule has 5 heterocycles. The number of benzene rings is 10. The number of aromatic nitrogens is 15. The number of fused-ring (bicyclic) bond motifs is 5. The first-order chi connectivity index (χ1) is 50.2. The average molecular weight is 1460 g/mol. The van der Waals surface area contributed by atoms with Gasteiger partial charge in [-0.05, 0) is 196 Å². The molecule has 0 spiro atoms. The molecule has 0 aliphatic heterocycles. The lowest BCUT2D eigenvalue weighted by molar-refractivity contribution is 0.284. The largest absolute Gasteiger partial charge is 0.506 e. The highest BCUT2D eigenvalue weighted by molar-refractivity contribution is 6.31. The average Bonchev–Trinajstić information content (AvgIpc) is 1.67. The standard InChI is InChI=1S/2C20H25N3O.C17H18ClN3O.C16H17N3O.C13H11N3O/c1-19(2,3)13-11-14(20(4,5)6)18(24)17(12-13)23-21-15-9-7-8-10-16(15)22-23;1-19(2,3)13-20(4,5)14-10-11-18(24)17(12-14)23-21-15-8-6-7-9-16(15)22-23;1-10-7-12(17(2,3)4)16(22)15(8-10)21-19-13-6-5-11(18)9-14(13)20-21;1-16(2,3)11-8-9-15(20)14(10-11)19-17-12-6-4-5-7-13(12)18-19;1-9-6-7-13(17)12(8-9)16-14-10-4-2-3-5-11(10)15-16/h7-12,24H,1-6H3;6-12,24H,13H2,1-5H3;5-9,22H,1-4H3;4-10,20H,1-3H3;2-8,17H,1H3. The quantitative estimate of drug-likeness (QED) is 0.0994. The molecule has 0 atom stereocenters. The minimum absolute atomic E-state index is 0.00667. The first kappa shape index (κ1) is 76.6. The van der Waals surface area contributed by atoms with E-state index in [0.717, 1.165) is 89.5 Å². The molecule has 21 heteroatoms. The molecule has 0 aliphatic rings. The second kappa shape index (κ2) is 29.8. The lowest BCUT2D eigenvalue weighted by Crippen LogP contribution is -2.25. The van der Waals surface area contributed by atoms with Crippen molar-refractivity contribution in [3.8, 4) is 57.2 Å². The number of hydrogen-bond donors (Lipinski definition) is 5. The maximum atomic E-state index is 10.9. The fourth-order valence-corrected chi connectivity index (χ4v) is 12.8. The fourth-order valence-electron chi connectivity index (χ4n) is 12.6. The molecule has 5 N–H and O–H groups in total. The zero-order chi connectivity index (χ0) is 77.5. The Morgan fingerprint density at radius 3 is 0.953 bits per heavy atom. The Balaban J connectivity index is 0.000000134. The van der Waals surface area contributed by atoms with Crippen molar-refractivity contribution in [3.05, 3.63) is 238 Å². The van der Waals surface area contributed by atoms with Gasteiger partial charge in [0.1, 0.15) is 112 Å². The number of phenols is 5. The molecule has 0 fully saturated rings. The van der Waals surface area contributed by atoms with E-state index in [9.17, 15) is 25.5 Å².